The first-order chi connectivity index (χ1) is 42.7. The van der Waals surface area contributed by atoms with Crippen molar-refractivity contribution in [3.63, 3.8) is 0 Å². The molecule has 0 fully saturated rings. The second-order valence-corrected chi connectivity index (χ2v) is 27.3. The highest BCUT2D eigenvalue weighted by Crippen LogP contribution is 2.28. The minimum absolute atomic E-state index is 0.0262. The standard InChI is InChI=1S/C68H123N9O15/c1-26-28-31-44(13)59(81)58(61(83)71-50(27-2)68(90)91-25)77(24)67(89)56(43(11)12)75(22)66(88)53(36-41(7)8)74(21)65(87)52(35-40(5)6)73(20)63(85)47(16)70-60(82)45(14)37-54(79)51(34-39(3)4)72(19)64(86)49(42(9)10)38-55(80)57(48(17)92-33-30-29-32-78)76(23)62(84)46(15)69-18/h26,28,39-53,56-59,69,78,81H,27,29-38H2,1-25H3,(H,70,82)(H,71,83)/b28-26+/t44-,45-,46-,47-,48+,49+,50+,51-,52+,53+,56+,57+,58+,59-/m1/s1. The first kappa shape index (κ1) is 86.2. The quantitative estimate of drug-likeness (QED) is 0.0308. The van der Waals surface area contributed by atoms with Crippen molar-refractivity contribution in [2.75, 3.05) is 69.7 Å². The Labute approximate surface area is 551 Å². The van der Waals surface area contributed by atoms with E-state index in [0.29, 0.717) is 19.3 Å². The number of hydrogen-bond donors (Lipinski definition) is 5. The zero-order valence-corrected chi connectivity index (χ0v) is 60.8. The van der Waals surface area contributed by atoms with Crippen LogP contribution in [0.2, 0.25) is 0 Å². The Balaban J connectivity index is 6.96. The number of nitrogens with one attached hydrogen (secondary N) is 3. The average Bonchev–Trinajstić information content (AvgIpc) is 0.864. The van der Waals surface area contributed by atoms with Crippen LogP contribution in [0.3, 0.4) is 0 Å². The second-order valence-electron chi connectivity index (χ2n) is 27.3. The van der Waals surface area contributed by atoms with Gasteiger partial charge in [-0.15, -0.1) is 0 Å². The molecule has 0 aromatic carbocycles. The van der Waals surface area contributed by atoms with E-state index in [1.165, 1.54) is 87.7 Å². The predicted molar refractivity (Wildman–Crippen MR) is 356 cm³/mol. The lowest BCUT2D eigenvalue weighted by Gasteiger charge is -2.41. The molecule has 0 unspecified atom stereocenters. The van der Waals surface area contributed by atoms with Crippen molar-refractivity contribution < 1.29 is 72.4 Å². The molecule has 0 heterocycles. The third kappa shape index (κ3) is 25.8. The van der Waals surface area contributed by atoms with E-state index in [0.717, 1.165) is 4.90 Å². The summed E-state index contributed by atoms with van der Waals surface area (Å²) in [7, 11) is 11.6. The molecular formula is C68H123N9O15. The topological polar surface area (TPSA) is 302 Å². The average molecular weight is 1310 g/mol. The van der Waals surface area contributed by atoms with Crippen LogP contribution in [-0.2, 0) is 62.2 Å². The number of amides is 8. The van der Waals surface area contributed by atoms with Crippen LogP contribution in [-0.4, -0.2) is 241 Å². The van der Waals surface area contributed by atoms with Crippen LogP contribution in [0.4, 0.5) is 0 Å². The zero-order chi connectivity index (χ0) is 71.5. The first-order valence-electron chi connectivity index (χ1n) is 33.2. The van der Waals surface area contributed by atoms with Crippen molar-refractivity contribution in [1.29, 1.82) is 0 Å². The fraction of sp³-hybridized carbons (Fsp3) is 0.809. The number of likely N-dealkylation sites (N-methyl/N-ethyl adjacent to an activating group) is 7. The number of carbonyl (C=O) groups excluding carboxylic acids is 11. The van der Waals surface area contributed by atoms with Crippen molar-refractivity contribution in [3.8, 4) is 0 Å². The number of hydrogen-bond acceptors (Lipinski definition) is 16. The number of esters is 1. The lowest BCUT2D eigenvalue weighted by molar-refractivity contribution is -0.157. The number of methoxy groups -OCH3 is 1. The van der Waals surface area contributed by atoms with Gasteiger partial charge in [0, 0.05) is 80.2 Å². The molecule has 0 aliphatic rings. The number of ether oxygens (including phenoxy) is 2. The minimum atomic E-state index is -1.50. The Morgan fingerprint density at radius 3 is 1.45 bits per heavy atom. The Morgan fingerprint density at radius 2 is 0.989 bits per heavy atom. The van der Waals surface area contributed by atoms with E-state index in [4.69, 9.17) is 9.47 Å². The van der Waals surface area contributed by atoms with Gasteiger partial charge in [-0.1, -0.05) is 102 Å². The second kappa shape index (κ2) is 41.8. The van der Waals surface area contributed by atoms with Gasteiger partial charge in [-0.05, 0) is 115 Å². The number of aliphatic hydroxyl groups excluding tert-OH is 2. The molecule has 0 aromatic heterocycles. The normalized spacial score (nSPS) is 16.4. The van der Waals surface area contributed by atoms with Gasteiger partial charge in [-0.2, -0.15) is 0 Å². The lowest BCUT2D eigenvalue weighted by Crippen LogP contribution is -2.63. The molecule has 8 amide bonds. The first-order valence-corrected chi connectivity index (χ1v) is 33.2. The van der Waals surface area contributed by atoms with Gasteiger partial charge < -0.3 is 65.0 Å². The number of ketones is 2. The van der Waals surface area contributed by atoms with E-state index in [1.807, 2.05) is 54.5 Å². The molecule has 0 bridgehead atoms. The van der Waals surface area contributed by atoms with Crippen molar-refractivity contribution in [3.05, 3.63) is 12.2 Å². The van der Waals surface area contributed by atoms with E-state index in [1.54, 1.807) is 68.5 Å². The number of carbonyl (C=O) groups is 11. The number of aliphatic hydroxyl groups is 2. The molecule has 92 heavy (non-hydrogen) atoms. The zero-order valence-electron chi connectivity index (χ0n) is 60.8. The molecular weight excluding hydrogens is 1180 g/mol. The summed E-state index contributed by atoms with van der Waals surface area (Å²) < 4.78 is 10.9. The molecule has 0 aromatic rings. The number of Topliss-reactive ketones (excluding diaryl/α,β-unsaturated/α-hetero) is 2. The highest BCUT2D eigenvalue weighted by Gasteiger charge is 2.46. The molecule has 0 spiro atoms. The van der Waals surface area contributed by atoms with E-state index >= 15 is 9.59 Å². The van der Waals surface area contributed by atoms with Gasteiger partial charge in [0.25, 0.3) is 0 Å². The summed E-state index contributed by atoms with van der Waals surface area (Å²) in [6.07, 6.45) is 2.98. The van der Waals surface area contributed by atoms with E-state index in [9.17, 15) is 53.4 Å². The SMILES string of the molecule is C/C=C/C[C@@H](C)[C@@H](O)[C@@H](C(=O)N[C@@H](CC)C(=O)OC)N(C)C(=O)[C@H](C(C)C)N(C)C(=O)[C@H](CC(C)C)N(C)C(=O)[C@H](CC(C)C)N(C)C(=O)[C@@H](C)NC(=O)[C@H](C)CC(=O)[C@@H](CC(C)C)N(C)C(=O)[C@@H](CC(=O)[C@H]([C@H](C)OCCCCO)N(C)C(=O)[C@@H](C)NC)C(C)C. The number of rotatable bonds is 43. The van der Waals surface area contributed by atoms with Gasteiger partial charge in [0.2, 0.25) is 47.3 Å². The summed E-state index contributed by atoms with van der Waals surface area (Å²) in [6.45, 7) is 30.2. The largest absolute Gasteiger partial charge is 0.467 e. The molecule has 0 aliphatic heterocycles. The van der Waals surface area contributed by atoms with Crippen molar-refractivity contribution in [1.82, 2.24) is 45.3 Å². The monoisotopic (exact) mass is 1310 g/mol. The highest BCUT2D eigenvalue weighted by molar-refractivity contribution is 5.99. The molecule has 24 heteroatoms. The van der Waals surface area contributed by atoms with Crippen molar-refractivity contribution in [2.24, 2.45) is 47.3 Å². The third-order valence-electron chi connectivity index (χ3n) is 17.5. The fourth-order valence-corrected chi connectivity index (χ4v) is 11.5. The molecule has 0 saturated heterocycles. The molecule has 0 aliphatic carbocycles. The summed E-state index contributed by atoms with van der Waals surface area (Å²) in [5.74, 6) is -9.98. The van der Waals surface area contributed by atoms with Gasteiger partial charge in [0.05, 0.1) is 31.4 Å². The van der Waals surface area contributed by atoms with Crippen LogP contribution < -0.4 is 16.0 Å². The van der Waals surface area contributed by atoms with Crippen LogP contribution in [0, 0.1) is 47.3 Å². The highest BCUT2D eigenvalue weighted by atomic mass is 16.5. The maximum atomic E-state index is 15.0. The van der Waals surface area contributed by atoms with Crippen LogP contribution in [0.5, 0.6) is 0 Å². The Morgan fingerprint density at radius 1 is 0.522 bits per heavy atom. The van der Waals surface area contributed by atoms with Gasteiger partial charge in [-0.25, -0.2) is 4.79 Å². The summed E-state index contributed by atoms with van der Waals surface area (Å²) in [5.41, 5.74) is 0. The van der Waals surface area contributed by atoms with E-state index in [-0.39, 0.29) is 81.3 Å². The Bertz CT molecular complexity index is 2420. The number of nitrogens with zero attached hydrogens (tertiary/aromatic N) is 6. The molecule has 0 radical (unpaired) electrons. The summed E-state index contributed by atoms with van der Waals surface area (Å²) in [6, 6.07) is -9.95. The third-order valence-corrected chi connectivity index (χ3v) is 17.5. The van der Waals surface area contributed by atoms with E-state index in [2.05, 4.69) is 16.0 Å². The van der Waals surface area contributed by atoms with E-state index < -0.39 is 149 Å². The van der Waals surface area contributed by atoms with Crippen molar-refractivity contribution >= 4 is 64.8 Å². The molecule has 0 rings (SSSR count). The number of allylic oxidation sites excluding steroid dienone is 2. The summed E-state index contributed by atoms with van der Waals surface area (Å²) in [5, 5.41) is 29.3. The van der Waals surface area contributed by atoms with Crippen LogP contribution >= 0.6 is 0 Å². The van der Waals surface area contributed by atoms with Crippen LogP contribution in [0.15, 0.2) is 12.2 Å². The summed E-state index contributed by atoms with van der Waals surface area (Å²) in [4.78, 5) is 165. The lowest BCUT2D eigenvalue weighted by atomic mass is 9.85. The van der Waals surface area contributed by atoms with Crippen LogP contribution in [0.25, 0.3) is 0 Å². The van der Waals surface area contributed by atoms with Crippen molar-refractivity contribution in [2.45, 2.75) is 242 Å². The van der Waals surface area contributed by atoms with Gasteiger partial charge >= 0.3 is 5.97 Å². The predicted octanol–water partition coefficient (Wildman–Crippen LogP) is 4.89. The Kier molecular flexibility index (Phi) is 39.1. The smallest absolute Gasteiger partial charge is 0.328 e. The maximum absolute atomic E-state index is 15.0. The molecule has 14 atom stereocenters. The molecule has 0 saturated carbocycles. The molecule has 530 valence electrons. The summed E-state index contributed by atoms with van der Waals surface area (Å²) >= 11 is 0. The fourth-order valence-electron chi connectivity index (χ4n) is 11.5. The Hall–Kier alpha value is -5.85. The number of unbranched alkanes of at least 4 members (excludes halogenated alkanes) is 1. The maximum Gasteiger partial charge on any atom is 0.328 e. The van der Waals surface area contributed by atoms with Gasteiger partial charge in [-0.3, -0.25) is 47.9 Å². The van der Waals surface area contributed by atoms with Crippen LogP contribution in [0.1, 0.15) is 175 Å². The molecule has 5 N–H and O–H groups in total. The van der Waals surface area contributed by atoms with Gasteiger partial charge in [0.15, 0.2) is 11.6 Å². The molecule has 24 nitrogen and oxygen atoms in total. The minimum Gasteiger partial charge on any atom is -0.467 e. The van der Waals surface area contributed by atoms with Gasteiger partial charge in [0.1, 0.15) is 42.3 Å².